The predicted molar refractivity (Wildman–Crippen MR) is 62.2 cm³/mol. The molecule has 1 aromatic rings. The van der Waals surface area contributed by atoms with E-state index in [-0.39, 0.29) is 19.5 Å². The Morgan fingerprint density at radius 3 is 2.67 bits per heavy atom. The van der Waals surface area contributed by atoms with Crippen LogP contribution in [0.1, 0.15) is 18.5 Å². The normalized spacial score (nSPS) is 12.2. The molecule has 2 rings (SSSR count). The molecule has 0 atom stereocenters. The molecule has 0 fully saturated rings. The predicted octanol–water partition coefficient (Wildman–Crippen LogP) is 3.77. The third kappa shape index (κ3) is 6.25. The van der Waals surface area contributed by atoms with Crippen molar-refractivity contribution in [2.75, 3.05) is 0 Å². The Kier molecular flexibility index (Phi) is 7.94. The fourth-order valence-electron chi connectivity index (χ4n) is 1.25. The maximum Gasteiger partial charge on any atom is 0.0115 e. The number of rotatable bonds is 2. The fourth-order valence-corrected chi connectivity index (χ4v) is 1.25. The zero-order chi connectivity index (χ0) is 10.2. The van der Waals surface area contributed by atoms with Crippen molar-refractivity contribution in [3.8, 4) is 0 Å². The summed E-state index contributed by atoms with van der Waals surface area (Å²) in [7, 11) is 0. The van der Waals surface area contributed by atoms with Crippen LogP contribution in [0.2, 0.25) is 0 Å². The number of aryl methyl sites for hydroxylation is 1. The van der Waals surface area contributed by atoms with Gasteiger partial charge in [-0.1, -0.05) is 29.9 Å². The minimum atomic E-state index is 0. The second-order valence-electron chi connectivity index (χ2n) is 3.30. The minimum absolute atomic E-state index is 0. The Morgan fingerprint density at radius 1 is 1.53 bits per heavy atom. The fraction of sp³-hybridized carbons (Fsp3) is 0.231. The van der Waals surface area contributed by atoms with Crippen molar-refractivity contribution < 1.29 is 19.5 Å². The monoisotopic (exact) mass is 289 g/mol. The molecule has 1 N–H and O–H groups in total. The van der Waals surface area contributed by atoms with Gasteiger partial charge < -0.3 is 4.98 Å². The summed E-state index contributed by atoms with van der Waals surface area (Å²) in [5.74, 6) is 0. The summed E-state index contributed by atoms with van der Waals surface area (Å²) in [4.78, 5) is 3.00. The molecule has 0 radical (unpaired) electrons. The molecular formula is C13H17NRu. The average Bonchev–Trinajstić information content (AvgIpc) is 2.79. The van der Waals surface area contributed by atoms with E-state index in [1.165, 1.54) is 11.3 Å². The summed E-state index contributed by atoms with van der Waals surface area (Å²) in [6.07, 6.45) is 12.5. The summed E-state index contributed by atoms with van der Waals surface area (Å²) in [6.45, 7) is 5.68. The van der Waals surface area contributed by atoms with E-state index in [2.05, 4.69) is 29.8 Å². The van der Waals surface area contributed by atoms with E-state index in [1.54, 1.807) is 0 Å². The number of hydrogen-bond donors (Lipinski definition) is 1. The third-order valence-electron chi connectivity index (χ3n) is 2.01. The SMILES string of the molecule is C=CCC1=CC=CC1.Cc1ccc[nH]1.[Ru]. The van der Waals surface area contributed by atoms with Gasteiger partial charge in [-0.05, 0) is 31.9 Å². The minimum Gasteiger partial charge on any atom is -0.365 e. The standard InChI is InChI=1S/C8H10.C5H7N.Ru/c1-2-5-8-6-3-4-7-8;1-5-3-2-4-6-5;/h2-4,6H,1,5,7H2;2-4,6H,1H3;. The van der Waals surface area contributed by atoms with E-state index in [0.29, 0.717) is 0 Å². The molecule has 0 saturated carbocycles. The van der Waals surface area contributed by atoms with E-state index in [1.807, 2.05) is 31.3 Å². The second-order valence-corrected chi connectivity index (χ2v) is 3.30. The number of aromatic amines is 1. The first-order valence-corrected chi connectivity index (χ1v) is 4.88. The van der Waals surface area contributed by atoms with Crippen LogP contribution in [0, 0.1) is 6.92 Å². The third-order valence-corrected chi connectivity index (χ3v) is 2.01. The van der Waals surface area contributed by atoms with Crippen LogP contribution in [-0.4, -0.2) is 4.98 Å². The summed E-state index contributed by atoms with van der Waals surface area (Å²) in [5.41, 5.74) is 2.69. The molecule has 1 aliphatic carbocycles. The topological polar surface area (TPSA) is 15.8 Å². The number of allylic oxidation sites excluding steroid dienone is 5. The first-order valence-electron chi connectivity index (χ1n) is 4.88. The molecule has 0 saturated heterocycles. The van der Waals surface area contributed by atoms with Crippen LogP contribution in [0.15, 0.2) is 54.8 Å². The molecule has 0 spiro atoms. The van der Waals surface area contributed by atoms with Crippen LogP contribution in [0.3, 0.4) is 0 Å². The first kappa shape index (κ1) is 14.1. The Hall–Kier alpha value is -0.877. The van der Waals surface area contributed by atoms with Crippen LogP contribution >= 0.6 is 0 Å². The zero-order valence-electron chi connectivity index (χ0n) is 9.02. The van der Waals surface area contributed by atoms with E-state index in [9.17, 15) is 0 Å². The van der Waals surface area contributed by atoms with Gasteiger partial charge in [-0.15, -0.1) is 6.58 Å². The van der Waals surface area contributed by atoms with Gasteiger partial charge >= 0.3 is 0 Å². The van der Waals surface area contributed by atoms with Crippen LogP contribution in [0.4, 0.5) is 0 Å². The van der Waals surface area contributed by atoms with Crippen LogP contribution in [0.5, 0.6) is 0 Å². The van der Waals surface area contributed by atoms with Gasteiger partial charge in [-0.2, -0.15) is 0 Å². The maximum absolute atomic E-state index is 3.66. The number of H-pyrrole nitrogens is 1. The van der Waals surface area contributed by atoms with E-state index >= 15 is 0 Å². The summed E-state index contributed by atoms with van der Waals surface area (Å²) >= 11 is 0. The Labute approximate surface area is 105 Å². The molecule has 0 bridgehead atoms. The van der Waals surface area contributed by atoms with Crippen LogP contribution < -0.4 is 0 Å². The van der Waals surface area contributed by atoms with Gasteiger partial charge in [-0.3, -0.25) is 0 Å². The molecule has 1 heterocycles. The van der Waals surface area contributed by atoms with Gasteiger partial charge in [0.1, 0.15) is 0 Å². The van der Waals surface area contributed by atoms with Gasteiger partial charge in [0.05, 0.1) is 0 Å². The summed E-state index contributed by atoms with van der Waals surface area (Å²) < 4.78 is 0. The molecule has 1 aliphatic rings. The van der Waals surface area contributed by atoms with Gasteiger partial charge in [-0.25, -0.2) is 0 Å². The molecule has 0 aromatic carbocycles. The summed E-state index contributed by atoms with van der Waals surface area (Å²) in [5, 5.41) is 0. The van der Waals surface area contributed by atoms with Gasteiger partial charge in [0, 0.05) is 31.4 Å². The van der Waals surface area contributed by atoms with E-state index in [0.717, 1.165) is 12.8 Å². The van der Waals surface area contributed by atoms with Gasteiger partial charge in [0.2, 0.25) is 0 Å². The van der Waals surface area contributed by atoms with Crippen molar-refractivity contribution in [3.63, 3.8) is 0 Å². The number of hydrogen-bond acceptors (Lipinski definition) is 0. The quantitative estimate of drug-likeness (QED) is 0.630. The Balaban J connectivity index is 0.000000253. The van der Waals surface area contributed by atoms with Gasteiger partial charge in [0.15, 0.2) is 0 Å². The maximum atomic E-state index is 3.66. The van der Waals surface area contributed by atoms with Crippen molar-refractivity contribution in [1.29, 1.82) is 0 Å². The second kappa shape index (κ2) is 8.43. The molecule has 15 heavy (non-hydrogen) atoms. The largest absolute Gasteiger partial charge is 0.365 e. The smallest absolute Gasteiger partial charge is 0.0115 e. The Bertz CT molecular complexity index is 320. The summed E-state index contributed by atoms with van der Waals surface area (Å²) in [6, 6.07) is 4.01. The molecule has 82 valence electrons. The number of nitrogens with one attached hydrogen (secondary N) is 1. The van der Waals surface area contributed by atoms with Crippen molar-refractivity contribution in [1.82, 2.24) is 4.98 Å². The van der Waals surface area contributed by atoms with E-state index < -0.39 is 0 Å². The van der Waals surface area contributed by atoms with Gasteiger partial charge in [0.25, 0.3) is 0 Å². The van der Waals surface area contributed by atoms with Crippen LogP contribution in [-0.2, 0) is 19.5 Å². The molecule has 2 heteroatoms. The first-order chi connectivity index (χ1) is 6.83. The Morgan fingerprint density at radius 2 is 2.33 bits per heavy atom. The average molecular weight is 288 g/mol. The molecule has 0 unspecified atom stereocenters. The van der Waals surface area contributed by atoms with Crippen LogP contribution in [0.25, 0.3) is 0 Å². The van der Waals surface area contributed by atoms with E-state index in [4.69, 9.17) is 0 Å². The number of aromatic nitrogens is 1. The molecular weight excluding hydrogens is 271 g/mol. The zero-order valence-corrected chi connectivity index (χ0v) is 10.8. The molecule has 0 aliphatic heterocycles. The molecule has 1 aromatic heterocycles. The molecule has 1 nitrogen and oxygen atoms in total. The van der Waals surface area contributed by atoms with Crippen molar-refractivity contribution in [2.24, 2.45) is 0 Å². The van der Waals surface area contributed by atoms with Crippen molar-refractivity contribution >= 4 is 0 Å². The van der Waals surface area contributed by atoms with Crippen molar-refractivity contribution in [2.45, 2.75) is 19.8 Å². The molecule has 0 amide bonds. The van der Waals surface area contributed by atoms with Crippen molar-refractivity contribution in [3.05, 3.63) is 60.5 Å².